The molecule has 2 amide bonds. The highest BCUT2D eigenvalue weighted by atomic mass is 16.5. The molecule has 0 radical (unpaired) electrons. The van der Waals surface area contributed by atoms with E-state index in [0.717, 1.165) is 19.3 Å². The number of hydrogen-bond acceptors (Lipinski definition) is 6. The fourth-order valence-corrected chi connectivity index (χ4v) is 3.54. The highest BCUT2D eigenvalue weighted by molar-refractivity contribution is 5.86. The number of pyridine rings is 1. The summed E-state index contributed by atoms with van der Waals surface area (Å²) in [7, 11) is 0. The van der Waals surface area contributed by atoms with Crippen LogP contribution in [0, 0.1) is 0 Å². The Labute approximate surface area is 151 Å². The van der Waals surface area contributed by atoms with Crippen molar-refractivity contribution in [1.82, 2.24) is 24.9 Å². The summed E-state index contributed by atoms with van der Waals surface area (Å²) in [4.78, 5) is 36.4. The highest BCUT2D eigenvalue weighted by Gasteiger charge is 2.30. The van der Waals surface area contributed by atoms with Crippen molar-refractivity contribution in [2.75, 3.05) is 26.2 Å². The molecule has 2 aromatic rings. The van der Waals surface area contributed by atoms with Crippen LogP contribution in [0.1, 0.15) is 37.4 Å². The third-order valence-corrected chi connectivity index (χ3v) is 4.96. The molecule has 0 aromatic carbocycles. The summed E-state index contributed by atoms with van der Waals surface area (Å²) in [6.07, 6.45) is 4.87. The van der Waals surface area contributed by atoms with E-state index in [-0.39, 0.29) is 24.3 Å². The molecule has 0 aliphatic carbocycles. The maximum Gasteiger partial charge on any atom is 0.276 e. The Morgan fingerprint density at radius 3 is 2.96 bits per heavy atom. The number of carbonyl (C=O) groups excluding carboxylic acids is 2. The zero-order chi connectivity index (χ0) is 17.9. The first kappa shape index (κ1) is 16.7. The maximum atomic E-state index is 12.6. The van der Waals surface area contributed by atoms with Gasteiger partial charge in [-0.15, -0.1) is 0 Å². The van der Waals surface area contributed by atoms with Crippen molar-refractivity contribution in [3.8, 4) is 11.6 Å². The van der Waals surface area contributed by atoms with E-state index in [4.69, 9.17) is 4.52 Å². The van der Waals surface area contributed by atoms with Gasteiger partial charge in [-0.3, -0.25) is 14.6 Å². The van der Waals surface area contributed by atoms with E-state index < -0.39 is 0 Å². The van der Waals surface area contributed by atoms with Crippen molar-refractivity contribution in [2.24, 2.45) is 0 Å². The van der Waals surface area contributed by atoms with Crippen molar-refractivity contribution in [3.63, 3.8) is 0 Å². The molecule has 0 unspecified atom stereocenters. The summed E-state index contributed by atoms with van der Waals surface area (Å²) in [5.74, 6) is 1.12. The predicted octanol–water partition coefficient (Wildman–Crippen LogP) is 1.46. The minimum atomic E-state index is -0.00149. The van der Waals surface area contributed by atoms with Gasteiger partial charge in [0.2, 0.25) is 11.8 Å². The second kappa shape index (κ2) is 7.23. The Balaban J connectivity index is 1.41. The SMILES string of the molecule is O=C1CCCN1CC(=O)N1CCC[C@H](c2noc(-c3ccccn3)n2)C1. The van der Waals surface area contributed by atoms with Gasteiger partial charge >= 0.3 is 0 Å². The summed E-state index contributed by atoms with van der Waals surface area (Å²) in [6, 6.07) is 5.52. The lowest BCUT2D eigenvalue weighted by molar-refractivity contribution is -0.139. The topological polar surface area (TPSA) is 92.4 Å². The van der Waals surface area contributed by atoms with E-state index in [9.17, 15) is 9.59 Å². The van der Waals surface area contributed by atoms with Gasteiger partial charge in [-0.2, -0.15) is 4.98 Å². The molecule has 136 valence electrons. The highest BCUT2D eigenvalue weighted by Crippen LogP contribution is 2.27. The summed E-state index contributed by atoms with van der Waals surface area (Å²) < 4.78 is 5.34. The van der Waals surface area contributed by atoms with E-state index in [0.29, 0.717) is 43.5 Å². The van der Waals surface area contributed by atoms with Crippen LogP contribution in [0.2, 0.25) is 0 Å². The summed E-state index contributed by atoms with van der Waals surface area (Å²) in [6.45, 7) is 2.13. The smallest absolute Gasteiger partial charge is 0.276 e. The second-order valence-electron chi connectivity index (χ2n) is 6.77. The monoisotopic (exact) mass is 355 g/mol. The number of rotatable bonds is 4. The zero-order valence-corrected chi connectivity index (χ0v) is 14.5. The number of likely N-dealkylation sites (tertiary alicyclic amines) is 2. The molecule has 26 heavy (non-hydrogen) atoms. The quantitative estimate of drug-likeness (QED) is 0.824. The number of piperidine rings is 1. The molecule has 0 saturated carbocycles. The lowest BCUT2D eigenvalue weighted by atomic mass is 9.97. The van der Waals surface area contributed by atoms with Gasteiger partial charge in [0.05, 0.1) is 6.54 Å². The Morgan fingerprint density at radius 1 is 1.27 bits per heavy atom. The van der Waals surface area contributed by atoms with Crippen molar-refractivity contribution < 1.29 is 14.1 Å². The van der Waals surface area contributed by atoms with Crippen LogP contribution in [-0.4, -0.2) is 62.9 Å². The molecule has 4 rings (SSSR count). The largest absolute Gasteiger partial charge is 0.340 e. The number of hydrogen-bond donors (Lipinski definition) is 0. The summed E-state index contributed by atoms with van der Waals surface area (Å²) in [5, 5.41) is 4.10. The molecule has 2 aliphatic heterocycles. The average Bonchev–Trinajstić information content (AvgIpc) is 3.32. The van der Waals surface area contributed by atoms with Crippen LogP contribution in [0.3, 0.4) is 0 Å². The Kier molecular flexibility index (Phi) is 4.64. The van der Waals surface area contributed by atoms with Gasteiger partial charge in [-0.25, -0.2) is 0 Å². The van der Waals surface area contributed by atoms with Crippen LogP contribution in [-0.2, 0) is 9.59 Å². The van der Waals surface area contributed by atoms with E-state index in [1.54, 1.807) is 11.1 Å². The van der Waals surface area contributed by atoms with Crippen molar-refractivity contribution in [2.45, 2.75) is 31.6 Å². The van der Waals surface area contributed by atoms with Gasteiger partial charge in [0.25, 0.3) is 5.89 Å². The molecule has 0 bridgehead atoms. The third-order valence-electron chi connectivity index (χ3n) is 4.96. The predicted molar refractivity (Wildman–Crippen MR) is 91.9 cm³/mol. The van der Waals surface area contributed by atoms with Crippen molar-refractivity contribution >= 4 is 11.8 Å². The molecule has 2 fully saturated rings. The molecule has 0 N–H and O–H groups in total. The van der Waals surface area contributed by atoms with Gasteiger partial charge in [0, 0.05) is 38.2 Å². The summed E-state index contributed by atoms with van der Waals surface area (Å²) >= 11 is 0. The van der Waals surface area contributed by atoms with Gasteiger partial charge in [0.1, 0.15) is 5.69 Å². The van der Waals surface area contributed by atoms with Crippen LogP contribution in [0.25, 0.3) is 11.6 Å². The lowest BCUT2D eigenvalue weighted by Crippen LogP contribution is -2.45. The lowest BCUT2D eigenvalue weighted by Gasteiger charge is -2.32. The zero-order valence-electron chi connectivity index (χ0n) is 14.5. The fraction of sp³-hybridized carbons (Fsp3) is 0.500. The van der Waals surface area contributed by atoms with Crippen LogP contribution >= 0.6 is 0 Å². The fourth-order valence-electron chi connectivity index (χ4n) is 3.54. The molecule has 8 heteroatoms. The number of nitrogens with zero attached hydrogens (tertiary/aromatic N) is 5. The molecule has 2 aliphatic rings. The first-order chi connectivity index (χ1) is 12.7. The Morgan fingerprint density at radius 2 is 2.19 bits per heavy atom. The standard InChI is InChI=1S/C18H21N5O3/c24-15-7-4-10-23(15)12-16(25)22-9-3-5-13(11-22)17-20-18(26-21-17)14-6-1-2-8-19-14/h1-2,6,8,13H,3-5,7,9-12H2/t13-/m0/s1. The molecule has 2 aromatic heterocycles. The van der Waals surface area contributed by atoms with E-state index in [1.165, 1.54) is 0 Å². The first-order valence-electron chi connectivity index (χ1n) is 9.01. The molecule has 8 nitrogen and oxygen atoms in total. The maximum absolute atomic E-state index is 12.6. The molecule has 1 atom stereocenters. The Hall–Kier alpha value is -2.77. The van der Waals surface area contributed by atoms with Crippen molar-refractivity contribution in [1.29, 1.82) is 0 Å². The van der Waals surface area contributed by atoms with E-state index in [2.05, 4.69) is 15.1 Å². The van der Waals surface area contributed by atoms with E-state index >= 15 is 0 Å². The van der Waals surface area contributed by atoms with E-state index in [1.807, 2.05) is 23.1 Å². The minimum Gasteiger partial charge on any atom is -0.340 e. The third kappa shape index (κ3) is 3.44. The van der Waals surface area contributed by atoms with Crippen molar-refractivity contribution in [3.05, 3.63) is 30.2 Å². The van der Waals surface area contributed by atoms with Crippen LogP contribution in [0.15, 0.2) is 28.9 Å². The summed E-state index contributed by atoms with van der Waals surface area (Å²) in [5.41, 5.74) is 0.641. The molecular formula is C18H21N5O3. The number of aromatic nitrogens is 3. The van der Waals surface area contributed by atoms with Gasteiger partial charge in [-0.1, -0.05) is 11.2 Å². The molecule has 2 saturated heterocycles. The minimum absolute atomic E-state index is 0.00149. The first-order valence-corrected chi connectivity index (χ1v) is 9.01. The van der Waals surface area contributed by atoms with Gasteiger partial charge < -0.3 is 14.3 Å². The molecule has 4 heterocycles. The van der Waals surface area contributed by atoms with Gasteiger partial charge in [0.15, 0.2) is 5.82 Å². The Bertz CT molecular complexity index is 791. The molecule has 0 spiro atoms. The number of carbonyl (C=O) groups is 2. The van der Waals surface area contributed by atoms with Gasteiger partial charge in [-0.05, 0) is 31.4 Å². The van der Waals surface area contributed by atoms with Crippen LogP contribution in [0.4, 0.5) is 0 Å². The van der Waals surface area contributed by atoms with Crippen LogP contribution in [0.5, 0.6) is 0 Å². The average molecular weight is 355 g/mol. The normalized spacial score (nSPS) is 20.6. The molecular weight excluding hydrogens is 334 g/mol. The number of amides is 2. The second-order valence-corrected chi connectivity index (χ2v) is 6.77. The van der Waals surface area contributed by atoms with Crippen LogP contribution < -0.4 is 0 Å².